The summed E-state index contributed by atoms with van der Waals surface area (Å²) in [5, 5.41) is 0. The van der Waals surface area contributed by atoms with Crippen molar-refractivity contribution in [1.29, 1.82) is 0 Å². The molecule has 0 saturated heterocycles. The van der Waals surface area contributed by atoms with Crippen LogP contribution in [0.4, 0.5) is 0 Å². The molecular formula is C11H10N4. The predicted molar refractivity (Wildman–Crippen MR) is 55.9 cm³/mol. The maximum Gasteiger partial charge on any atom is 0.126 e. The molecule has 2 heterocycles. The van der Waals surface area contributed by atoms with Crippen molar-refractivity contribution in [1.82, 2.24) is 19.5 Å². The zero-order chi connectivity index (χ0) is 10.5. The van der Waals surface area contributed by atoms with Crippen molar-refractivity contribution in [2.75, 3.05) is 0 Å². The molecule has 4 nitrogen and oxygen atoms in total. The van der Waals surface area contributed by atoms with Crippen LogP contribution in [0.2, 0.25) is 0 Å². The Labute approximate surface area is 88.0 Å². The first-order valence-electron chi connectivity index (χ1n) is 4.59. The number of aryl methyl sites for hydroxylation is 1. The lowest BCUT2D eigenvalue weighted by atomic mass is 10.4. The van der Waals surface area contributed by atoms with Crippen LogP contribution in [-0.4, -0.2) is 19.5 Å². The summed E-state index contributed by atoms with van der Waals surface area (Å²) in [5.41, 5.74) is 0.752. The fourth-order valence-corrected chi connectivity index (χ4v) is 1.13. The summed E-state index contributed by atoms with van der Waals surface area (Å²) in [7, 11) is 0. The minimum atomic E-state index is 0.628. The molecule has 0 spiro atoms. The van der Waals surface area contributed by atoms with E-state index in [-0.39, 0.29) is 0 Å². The molecule has 0 aliphatic rings. The Hall–Kier alpha value is -2.15. The van der Waals surface area contributed by atoms with Crippen molar-refractivity contribution in [3.05, 3.63) is 42.5 Å². The Kier molecular flexibility index (Phi) is 2.75. The molecule has 0 radical (unpaired) electrons. The first kappa shape index (κ1) is 9.41. The number of hydrogen-bond donors (Lipinski definition) is 0. The molecule has 0 saturated carbocycles. The van der Waals surface area contributed by atoms with E-state index in [0.717, 1.165) is 11.5 Å². The van der Waals surface area contributed by atoms with Crippen LogP contribution < -0.4 is 0 Å². The van der Waals surface area contributed by atoms with Gasteiger partial charge in [-0.25, -0.2) is 15.0 Å². The van der Waals surface area contributed by atoms with Gasteiger partial charge in [-0.2, -0.15) is 0 Å². The van der Waals surface area contributed by atoms with Gasteiger partial charge >= 0.3 is 0 Å². The lowest BCUT2D eigenvalue weighted by Crippen LogP contribution is -1.92. The highest BCUT2D eigenvalue weighted by Gasteiger charge is 1.89. The van der Waals surface area contributed by atoms with Crippen LogP contribution in [0.3, 0.4) is 0 Å². The molecule has 0 atom stereocenters. The Bertz CT molecular complexity index is 491. The quantitative estimate of drug-likeness (QED) is 0.643. The van der Waals surface area contributed by atoms with Crippen molar-refractivity contribution < 1.29 is 0 Å². The summed E-state index contributed by atoms with van der Waals surface area (Å²) in [6, 6.07) is 1.80. The smallest absolute Gasteiger partial charge is 0.126 e. The third kappa shape index (κ3) is 2.64. The number of aromatic nitrogens is 4. The van der Waals surface area contributed by atoms with E-state index >= 15 is 0 Å². The van der Waals surface area contributed by atoms with Crippen LogP contribution >= 0.6 is 0 Å². The van der Waals surface area contributed by atoms with Gasteiger partial charge in [0.05, 0.1) is 12.9 Å². The van der Waals surface area contributed by atoms with Crippen LogP contribution in [-0.2, 0) is 6.54 Å². The van der Waals surface area contributed by atoms with Crippen LogP contribution in [0, 0.1) is 18.8 Å². The van der Waals surface area contributed by atoms with E-state index in [9.17, 15) is 0 Å². The Morgan fingerprint density at radius 1 is 1.40 bits per heavy atom. The van der Waals surface area contributed by atoms with E-state index in [2.05, 4.69) is 26.8 Å². The maximum atomic E-state index is 4.18. The topological polar surface area (TPSA) is 43.6 Å². The lowest BCUT2D eigenvalue weighted by Gasteiger charge is -1.92. The number of hydrogen-bond acceptors (Lipinski definition) is 3. The van der Waals surface area contributed by atoms with E-state index in [4.69, 9.17) is 0 Å². The van der Waals surface area contributed by atoms with Gasteiger partial charge < -0.3 is 4.57 Å². The minimum absolute atomic E-state index is 0.628. The van der Waals surface area contributed by atoms with Crippen molar-refractivity contribution in [2.45, 2.75) is 13.5 Å². The average molecular weight is 198 g/mol. The van der Waals surface area contributed by atoms with Crippen molar-refractivity contribution in [2.24, 2.45) is 0 Å². The van der Waals surface area contributed by atoms with Gasteiger partial charge in [0, 0.05) is 18.6 Å². The molecule has 15 heavy (non-hydrogen) atoms. The second kappa shape index (κ2) is 4.38. The third-order valence-electron chi connectivity index (χ3n) is 1.81. The van der Waals surface area contributed by atoms with Gasteiger partial charge in [-0.15, -0.1) is 0 Å². The van der Waals surface area contributed by atoms with Crippen LogP contribution in [0.25, 0.3) is 0 Å². The standard InChI is InChI=1S/C11H10N4/c1-10-13-5-4-11(14-10)3-2-7-15-8-6-12-9-15/h4-6,8-9H,7H2,1H3. The van der Waals surface area contributed by atoms with Crippen molar-refractivity contribution in [3.8, 4) is 11.8 Å². The predicted octanol–water partition coefficient (Wildman–Crippen LogP) is 1.03. The van der Waals surface area contributed by atoms with Gasteiger partial charge in [0.1, 0.15) is 11.5 Å². The van der Waals surface area contributed by atoms with Gasteiger partial charge in [0.15, 0.2) is 0 Å². The van der Waals surface area contributed by atoms with Crippen molar-refractivity contribution in [3.63, 3.8) is 0 Å². The monoisotopic (exact) mass is 198 g/mol. The Balaban J connectivity index is 2.06. The summed E-state index contributed by atoms with van der Waals surface area (Å²) >= 11 is 0. The molecule has 74 valence electrons. The first-order valence-corrected chi connectivity index (χ1v) is 4.59. The number of nitrogens with zero attached hydrogens (tertiary/aromatic N) is 4. The van der Waals surface area contributed by atoms with Gasteiger partial charge in [-0.05, 0) is 18.9 Å². The minimum Gasteiger partial charge on any atom is -0.326 e. The lowest BCUT2D eigenvalue weighted by molar-refractivity contribution is 0.839. The van der Waals surface area contributed by atoms with Crippen LogP contribution in [0.15, 0.2) is 31.0 Å². The zero-order valence-electron chi connectivity index (χ0n) is 8.38. The molecule has 4 heteroatoms. The molecule has 0 fully saturated rings. The average Bonchev–Trinajstić information content (AvgIpc) is 2.71. The first-order chi connectivity index (χ1) is 7.34. The van der Waals surface area contributed by atoms with E-state index in [1.54, 1.807) is 24.8 Å². The SMILES string of the molecule is Cc1nccc(C#CCn2ccnc2)n1. The summed E-state index contributed by atoms with van der Waals surface area (Å²) < 4.78 is 1.90. The maximum absolute atomic E-state index is 4.18. The van der Waals surface area contributed by atoms with Gasteiger partial charge in [-0.1, -0.05) is 5.92 Å². The Morgan fingerprint density at radius 2 is 2.33 bits per heavy atom. The molecule has 2 aromatic rings. The molecular weight excluding hydrogens is 188 g/mol. The number of rotatable bonds is 1. The fraction of sp³-hybridized carbons (Fsp3) is 0.182. The summed E-state index contributed by atoms with van der Waals surface area (Å²) in [4.78, 5) is 12.1. The molecule has 0 amide bonds. The van der Waals surface area contributed by atoms with Gasteiger partial charge in [0.2, 0.25) is 0 Å². The zero-order valence-corrected chi connectivity index (χ0v) is 8.38. The molecule has 0 aliphatic heterocycles. The highest BCUT2D eigenvalue weighted by atomic mass is 15.0. The van der Waals surface area contributed by atoms with Gasteiger partial charge in [0.25, 0.3) is 0 Å². The summed E-state index contributed by atoms with van der Waals surface area (Å²) in [5.74, 6) is 6.73. The van der Waals surface area contributed by atoms with E-state index in [0.29, 0.717) is 6.54 Å². The summed E-state index contributed by atoms with van der Waals surface area (Å²) in [6.45, 7) is 2.48. The third-order valence-corrected chi connectivity index (χ3v) is 1.81. The summed E-state index contributed by atoms with van der Waals surface area (Å²) in [6.07, 6.45) is 7.06. The van der Waals surface area contributed by atoms with E-state index in [1.165, 1.54) is 0 Å². The molecule has 2 rings (SSSR count). The largest absolute Gasteiger partial charge is 0.326 e. The molecule has 0 aliphatic carbocycles. The fourth-order valence-electron chi connectivity index (χ4n) is 1.13. The highest BCUT2D eigenvalue weighted by Crippen LogP contribution is 1.91. The molecule has 0 unspecified atom stereocenters. The van der Waals surface area contributed by atoms with E-state index < -0.39 is 0 Å². The highest BCUT2D eigenvalue weighted by molar-refractivity contribution is 5.26. The normalized spacial score (nSPS) is 9.40. The van der Waals surface area contributed by atoms with Crippen LogP contribution in [0.1, 0.15) is 11.5 Å². The molecule has 2 aromatic heterocycles. The Morgan fingerprint density at radius 3 is 3.07 bits per heavy atom. The number of imidazole rings is 1. The molecule has 0 bridgehead atoms. The van der Waals surface area contributed by atoms with E-state index in [1.807, 2.05) is 17.7 Å². The molecule has 0 aromatic carbocycles. The van der Waals surface area contributed by atoms with Gasteiger partial charge in [-0.3, -0.25) is 0 Å². The van der Waals surface area contributed by atoms with Crippen LogP contribution in [0.5, 0.6) is 0 Å². The second-order valence-electron chi connectivity index (χ2n) is 3.03. The molecule has 0 N–H and O–H groups in total. The van der Waals surface area contributed by atoms with Crippen molar-refractivity contribution >= 4 is 0 Å². The second-order valence-corrected chi connectivity index (χ2v) is 3.03.